The molecule has 1 heterocycles. The van der Waals surface area contributed by atoms with E-state index < -0.39 is 29.2 Å². The van der Waals surface area contributed by atoms with Crippen molar-refractivity contribution < 1.29 is 37.4 Å². The summed E-state index contributed by atoms with van der Waals surface area (Å²) in [6.07, 6.45) is -2.28. The third-order valence-electron chi connectivity index (χ3n) is 8.09. The van der Waals surface area contributed by atoms with E-state index >= 15 is 0 Å². The predicted molar refractivity (Wildman–Crippen MR) is 149 cm³/mol. The molecule has 228 valence electrons. The van der Waals surface area contributed by atoms with Crippen molar-refractivity contribution in [3.05, 3.63) is 70.8 Å². The first-order valence-corrected chi connectivity index (χ1v) is 14.1. The van der Waals surface area contributed by atoms with Crippen LogP contribution in [-0.4, -0.2) is 79.2 Å². The first-order chi connectivity index (χ1) is 19.9. The zero-order valence-electron chi connectivity index (χ0n) is 23.7. The number of halogens is 3. The van der Waals surface area contributed by atoms with Crippen molar-refractivity contribution in [1.29, 1.82) is 0 Å². The summed E-state index contributed by atoms with van der Waals surface area (Å²) in [6.45, 7) is 3.06. The number of carbonyl (C=O) groups is 3. The molecular weight excluding hydrogens is 553 g/mol. The van der Waals surface area contributed by atoms with Crippen LogP contribution < -0.4 is 16.0 Å². The van der Waals surface area contributed by atoms with E-state index in [4.69, 9.17) is 4.74 Å². The molecule has 0 radical (unpaired) electrons. The van der Waals surface area contributed by atoms with Gasteiger partial charge < -0.3 is 25.8 Å². The zero-order valence-corrected chi connectivity index (χ0v) is 23.7. The van der Waals surface area contributed by atoms with Crippen molar-refractivity contribution in [3.63, 3.8) is 0 Å². The molecule has 12 heteroatoms. The predicted octanol–water partition coefficient (Wildman–Crippen LogP) is 2.83. The van der Waals surface area contributed by atoms with Crippen LogP contribution in [0.25, 0.3) is 0 Å². The Morgan fingerprint density at radius 2 is 1.71 bits per heavy atom. The maximum Gasteiger partial charge on any atom is 0.416 e. The fourth-order valence-electron chi connectivity index (χ4n) is 5.79. The van der Waals surface area contributed by atoms with Gasteiger partial charge in [-0.25, -0.2) is 0 Å². The van der Waals surface area contributed by atoms with Crippen molar-refractivity contribution in [3.8, 4) is 0 Å². The SMILES string of the molecule is CCOC1CN(C2CCC(O)(c3ccc(C(=O)NC)cc3)CC2)CC1NC(=O)CNC(=O)c1cccc(C(F)(F)F)c1. The molecule has 2 atom stereocenters. The number of amides is 3. The molecule has 2 aliphatic rings. The number of alkyl halides is 3. The molecule has 3 amide bonds. The molecule has 1 saturated heterocycles. The maximum atomic E-state index is 13.0. The number of aliphatic hydroxyl groups is 1. The molecule has 2 unspecified atom stereocenters. The zero-order chi connectivity index (χ0) is 30.5. The van der Waals surface area contributed by atoms with Gasteiger partial charge in [-0.15, -0.1) is 0 Å². The van der Waals surface area contributed by atoms with Crippen LogP contribution in [0.2, 0.25) is 0 Å². The lowest BCUT2D eigenvalue weighted by molar-refractivity contribution is -0.137. The van der Waals surface area contributed by atoms with Crippen LogP contribution in [0.1, 0.15) is 64.4 Å². The fraction of sp³-hybridized carbons (Fsp3) is 0.500. The molecule has 0 aromatic heterocycles. The lowest BCUT2D eigenvalue weighted by atomic mass is 9.77. The van der Waals surface area contributed by atoms with Crippen molar-refractivity contribution >= 4 is 17.7 Å². The van der Waals surface area contributed by atoms with Gasteiger partial charge in [-0.2, -0.15) is 13.2 Å². The van der Waals surface area contributed by atoms with Gasteiger partial charge in [-0.3, -0.25) is 19.3 Å². The van der Waals surface area contributed by atoms with E-state index in [0.717, 1.165) is 36.6 Å². The van der Waals surface area contributed by atoms with Gasteiger partial charge in [0.1, 0.15) is 0 Å². The summed E-state index contributed by atoms with van der Waals surface area (Å²) in [7, 11) is 1.57. The van der Waals surface area contributed by atoms with E-state index in [1.54, 1.807) is 31.3 Å². The van der Waals surface area contributed by atoms with E-state index in [0.29, 0.717) is 38.1 Å². The second kappa shape index (κ2) is 13.2. The largest absolute Gasteiger partial charge is 0.416 e. The Morgan fingerprint density at radius 3 is 2.33 bits per heavy atom. The smallest absolute Gasteiger partial charge is 0.385 e. The maximum absolute atomic E-state index is 13.0. The van der Waals surface area contributed by atoms with Crippen LogP contribution in [-0.2, 0) is 21.3 Å². The average Bonchev–Trinajstić information content (AvgIpc) is 3.37. The molecule has 9 nitrogen and oxygen atoms in total. The van der Waals surface area contributed by atoms with E-state index in [9.17, 15) is 32.7 Å². The Morgan fingerprint density at radius 1 is 1.02 bits per heavy atom. The molecule has 4 N–H and O–H groups in total. The highest BCUT2D eigenvalue weighted by Crippen LogP contribution is 2.39. The quantitative estimate of drug-likeness (QED) is 0.357. The third-order valence-corrected chi connectivity index (χ3v) is 8.09. The van der Waals surface area contributed by atoms with Crippen LogP contribution in [0.5, 0.6) is 0 Å². The van der Waals surface area contributed by atoms with Gasteiger partial charge in [-0.05, 0) is 68.5 Å². The van der Waals surface area contributed by atoms with Crippen LogP contribution in [0.4, 0.5) is 13.2 Å². The number of hydrogen-bond acceptors (Lipinski definition) is 6. The molecule has 42 heavy (non-hydrogen) atoms. The normalized spacial score (nSPS) is 24.7. The third kappa shape index (κ3) is 7.47. The number of hydrogen-bond donors (Lipinski definition) is 4. The summed E-state index contributed by atoms with van der Waals surface area (Å²) in [5.74, 6) is -1.43. The molecule has 1 aliphatic carbocycles. The Balaban J connectivity index is 1.30. The first kappa shape index (κ1) is 31.5. The minimum Gasteiger partial charge on any atom is -0.385 e. The number of nitrogens with one attached hydrogen (secondary N) is 3. The highest BCUT2D eigenvalue weighted by Gasteiger charge is 2.42. The molecule has 0 bridgehead atoms. The molecule has 2 aromatic carbocycles. The second-order valence-corrected chi connectivity index (χ2v) is 10.8. The summed E-state index contributed by atoms with van der Waals surface area (Å²) < 4.78 is 44.8. The fourth-order valence-corrected chi connectivity index (χ4v) is 5.79. The van der Waals surface area contributed by atoms with E-state index in [1.807, 2.05) is 6.92 Å². The van der Waals surface area contributed by atoms with Crippen LogP contribution in [0.3, 0.4) is 0 Å². The first-order valence-electron chi connectivity index (χ1n) is 14.1. The minimum atomic E-state index is -4.58. The Hall–Kier alpha value is -3.48. The average molecular weight is 591 g/mol. The number of nitrogens with zero attached hydrogens (tertiary/aromatic N) is 1. The molecule has 1 aliphatic heterocycles. The summed E-state index contributed by atoms with van der Waals surface area (Å²) in [5.41, 5.74) is -0.801. The Labute approximate surface area is 242 Å². The van der Waals surface area contributed by atoms with Gasteiger partial charge in [0, 0.05) is 43.9 Å². The van der Waals surface area contributed by atoms with Crippen LogP contribution in [0, 0.1) is 0 Å². The van der Waals surface area contributed by atoms with Gasteiger partial charge in [0.05, 0.1) is 29.9 Å². The molecule has 0 spiro atoms. The van der Waals surface area contributed by atoms with E-state index in [-0.39, 0.29) is 36.2 Å². The number of benzene rings is 2. The van der Waals surface area contributed by atoms with Crippen LogP contribution >= 0.6 is 0 Å². The van der Waals surface area contributed by atoms with Crippen molar-refractivity contribution in [2.75, 3.05) is 33.3 Å². The second-order valence-electron chi connectivity index (χ2n) is 10.8. The van der Waals surface area contributed by atoms with Gasteiger partial charge in [-0.1, -0.05) is 18.2 Å². The monoisotopic (exact) mass is 590 g/mol. The number of ether oxygens (including phenoxy) is 1. The van der Waals surface area contributed by atoms with Gasteiger partial charge in [0.2, 0.25) is 5.91 Å². The highest BCUT2D eigenvalue weighted by atomic mass is 19.4. The molecular formula is C30H37F3N4O5. The number of rotatable bonds is 9. The minimum absolute atomic E-state index is 0.181. The lowest BCUT2D eigenvalue weighted by Crippen LogP contribution is -2.48. The summed E-state index contributed by atoms with van der Waals surface area (Å²) in [4.78, 5) is 39.1. The molecule has 1 saturated carbocycles. The number of carbonyl (C=O) groups excluding carboxylic acids is 3. The van der Waals surface area contributed by atoms with Gasteiger partial charge in [0.25, 0.3) is 11.8 Å². The van der Waals surface area contributed by atoms with Gasteiger partial charge >= 0.3 is 6.18 Å². The van der Waals surface area contributed by atoms with E-state index in [1.165, 1.54) is 6.07 Å². The van der Waals surface area contributed by atoms with E-state index in [2.05, 4.69) is 20.9 Å². The highest BCUT2D eigenvalue weighted by molar-refractivity contribution is 5.96. The molecule has 2 fully saturated rings. The van der Waals surface area contributed by atoms with Crippen molar-refractivity contribution in [1.82, 2.24) is 20.9 Å². The molecule has 2 aromatic rings. The summed E-state index contributed by atoms with van der Waals surface area (Å²) in [5, 5.41) is 19.2. The topological polar surface area (TPSA) is 120 Å². The standard InChI is InChI=1S/C30H37F3N4O5/c1-3-42-25-18-37(23-11-13-29(41,14-12-23)21-9-7-19(8-10-21)27(39)34-2)17-24(25)36-26(38)16-35-28(40)20-5-4-6-22(15-20)30(31,32)33/h4-10,15,23-25,41H,3,11-14,16-18H2,1-2H3,(H,34,39)(H,35,40)(H,36,38). The van der Waals surface area contributed by atoms with Crippen molar-refractivity contribution in [2.45, 2.75) is 62.6 Å². The van der Waals surface area contributed by atoms with Crippen molar-refractivity contribution in [2.24, 2.45) is 0 Å². The summed E-state index contributed by atoms with van der Waals surface area (Å²) >= 11 is 0. The van der Waals surface area contributed by atoms with Gasteiger partial charge in [0.15, 0.2) is 0 Å². The Kier molecular flexibility index (Phi) is 9.90. The molecule has 4 rings (SSSR count). The lowest BCUT2D eigenvalue weighted by Gasteiger charge is -2.40. The number of likely N-dealkylation sites (tertiary alicyclic amines) is 1. The Bertz CT molecular complexity index is 1260. The summed E-state index contributed by atoms with van der Waals surface area (Å²) in [6, 6.07) is 10.9. The van der Waals surface area contributed by atoms with Crippen LogP contribution in [0.15, 0.2) is 48.5 Å².